The second kappa shape index (κ2) is 10.6. The Morgan fingerprint density at radius 1 is 1.13 bits per heavy atom. The van der Waals surface area contributed by atoms with E-state index in [-0.39, 0.29) is 17.7 Å². The summed E-state index contributed by atoms with van der Waals surface area (Å²) < 4.78 is 5.30. The number of methoxy groups -OCH3 is 1. The molecule has 1 fully saturated rings. The normalized spacial score (nSPS) is 14.5. The van der Waals surface area contributed by atoms with Crippen molar-refractivity contribution in [2.24, 2.45) is 5.92 Å². The predicted molar refractivity (Wildman–Crippen MR) is 124 cm³/mol. The first kappa shape index (κ1) is 23.1. The number of amides is 2. The van der Waals surface area contributed by atoms with E-state index in [0.717, 1.165) is 18.7 Å². The Kier molecular flexibility index (Phi) is 7.93. The summed E-state index contributed by atoms with van der Waals surface area (Å²) in [4.78, 5) is 29.5. The maximum Gasteiger partial charge on any atom is 0.257 e. The molecule has 166 valence electrons. The number of nitrogens with one attached hydrogen (secondary N) is 1. The van der Waals surface area contributed by atoms with Crippen molar-refractivity contribution in [2.45, 2.75) is 19.3 Å². The number of halogens is 1. The molecule has 1 heterocycles. The summed E-state index contributed by atoms with van der Waals surface area (Å²) in [5, 5.41) is 3.51. The summed E-state index contributed by atoms with van der Waals surface area (Å²) in [6, 6.07) is 13.0. The van der Waals surface area contributed by atoms with Crippen LogP contribution in [0.2, 0.25) is 5.02 Å². The number of benzene rings is 2. The van der Waals surface area contributed by atoms with Gasteiger partial charge in [-0.2, -0.15) is 0 Å². The van der Waals surface area contributed by atoms with Crippen molar-refractivity contribution in [3.63, 3.8) is 0 Å². The zero-order chi connectivity index (χ0) is 22.4. The number of carbonyl (C=O) groups is 2. The lowest BCUT2D eigenvalue weighted by molar-refractivity contribution is -0.121. The molecule has 0 radical (unpaired) electrons. The van der Waals surface area contributed by atoms with Crippen molar-refractivity contribution in [1.29, 1.82) is 0 Å². The molecule has 3 rings (SSSR count). The van der Waals surface area contributed by atoms with Crippen LogP contribution >= 0.6 is 11.6 Å². The van der Waals surface area contributed by atoms with Crippen LogP contribution in [0.25, 0.3) is 0 Å². The molecule has 7 heteroatoms. The van der Waals surface area contributed by atoms with E-state index in [4.69, 9.17) is 16.3 Å². The molecule has 2 amide bonds. The summed E-state index contributed by atoms with van der Waals surface area (Å²) in [7, 11) is 5.64. The molecule has 6 nitrogen and oxygen atoms in total. The van der Waals surface area contributed by atoms with Crippen LogP contribution in [0.5, 0.6) is 5.75 Å². The van der Waals surface area contributed by atoms with Gasteiger partial charge in [0.1, 0.15) is 5.75 Å². The van der Waals surface area contributed by atoms with E-state index in [2.05, 4.69) is 36.4 Å². The number of hydrogen-bond donors (Lipinski definition) is 1. The molecule has 0 atom stereocenters. The summed E-state index contributed by atoms with van der Waals surface area (Å²) in [6.07, 6.45) is 2.23. The Bertz CT molecular complexity index is 907. The Morgan fingerprint density at radius 2 is 1.81 bits per heavy atom. The minimum Gasteiger partial charge on any atom is -0.496 e. The topological polar surface area (TPSA) is 61.9 Å². The number of likely N-dealkylation sites (tertiary alicyclic amines) is 1. The lowest BCUT2D eigenvalue weighted by atomic mass is 9.95. The fraction of sp³-hybridized carbons (Fsp3) is 0.417. The highest BCUT2D eigenvalue weighted by Crippen LogP contribution is 2.27. The average Bonchev–Trinajstić information content (AvgIpc) is 2.78. The first-order valence-electron chi connectivity index (χ1n) is 10.5. The SMILES string of the molecule is COc1ccc(Cl)cc1C(=O)N1CCC(C(=O)Nc2ccc(CCN(C)C)cc2)CC1. The summed E-state index contributed by atoms with van der Waals surface area (Å²) >= 11 is 6.06. The van der Waals surface area contributed by atoms with Crippen molar-refractivity contribution in [2.75, 3.05) is 46.2 Å². The van der Waals surface area contributed by atoms with E-state index >= 15 is 0 Å². The fourth-order valence-corrected chi connectivity index (χ4v) is 3.89. The van der Waals surface area contributed by atoms with Gasteiger partial charge in [0.25, 0.3) is 5.91 Å². The van der Waals surface area contributed by atoms with Gasteiger partial charge < -0.3 is 19.9 Å². The van der Waals surface area contributed by atoms with Crippen molar-refractivity contribution in [3.05, 3.63) is 58.6 Å². The number of carbonyl (C=O) groups excluding carboxylic acids is 2. The minimum absolute atomic E-state index is 0.00785. The molecule has 31 heavy (non-hydrogen) atoms. The van der Waals surface area contributed by atoms with Crippen molar-refractivity contribution in [1.82, 2.24) is 9.80 Å². The third-order valence-corrected chi connectivity index (χ3v) is 5.85. The number of nitrogens with zero attached hydrogens (tertiary/aromatic N) is 2. The van der Waals surface area contributed by atoms with E-state index < -0.39 is 0 Å². The molecule has 2 aromatic rings. The average molecular weight is 444 g/mol. The van der Waals surface area contributed by atoms with E-state index in [0.29, 0.717) is 42.3 Å². The fourth-order valence-electron chi connectivity index (χ4n) is 3.71. The molecule has 0 unspecified atom stereocenters. The van der Waals surface area contributed by atoms with Gasteiger partial charge in [-0.25, -0.2) is 0 Å². The standard InChI is InChI=1S/C24H30ClN3O3/c1-27(2)13-10-17-4-7-20(8-5-17)26-23(29)18-11-14-28(15-12-18)24(30)21-16-19(25)6-9-22(21)31-3/h4-9,16,18H,10-15H2,1-3H3,(H,26,29). The number of hydrogen-bond acceptors (Lipinski definition) is 4. The lowest BCUT2D eigenvalue weighted by Gasteiger charge is -2.31. The van der Waals surface area contributed by atoms with Crippen LogP contribution in [0.1, 0.15) is 28.8 Å². The van der Waals surface area contributed by atoms with Gasteiger partial charge in [0.05, 0.1) is 12.7 Å². The van der Waals surface area contributed by atoms with Gasteiger partial charge in [0.2, 0.25) is 5.91 Å². The second-order valence-electron chi connectivity index (χ2n) is 8.15. The van der Waals surface area contributed by atoms with Crippen molar-refractivity contribution >= 4 is 29.1 Å². The smallest absolute Gasteiger partial charge is 0.257 e. The zero-order valence-corrected chi connectivity index (χ0v) is 19.1. The maximum atomic E-state index is 12.9. The van der Waals surface area contributed by atoms with Gasteiger partial charge >= 0.3 is 0 Å². The molecular formula is C24H30ClN3O3. The van der Waals surface area contributed by atoms with E-state index in [9.17, 15) is 9.59 Å². The third kappa shape index (κ3) is 6.21. The van der Waals surface area contributed by atoms with Gasteiger partial charge in [-0.1, -0.05) is 23.7 Å². The van der Waals surface area contributed by atoms with Gasteiger partial charge in [0.15, 0.2) is 0 Å². The van der Waals surface area contributed by atoms with E-state index in [1.165, 1.54) is 12.7 Å². The molecule has 0 saturated carbocycles. The van der Waals surface area contributed by atoms with Crippen LogP contribution < -0.4 is 10.1 Å². The summed E-state index contributed by atoms with van der Waals surface area (Å²) in [5.41, 5.74) is 2.50. The van der Waals surface area contributed by atoms with Gasteiger partial charge in [-0.15, -0.1) is 0 Å². The number of piperidine rings is 1. The highest BCUT2D eigenvalue weighted by atomic mass is 35.5. The quantitative estimate of drug-likeness (QED) is 0.704. The predicted octanol–water partition coefficient (Wildman–Crippen LogP) is 3.94. The largest absolute Gasteiger partial charge is 0.496 e. The first-order valence-corrected chi connectivity index (χ1v) is 10.9. The second-order valence-corrected chi connectivity index (χ2v) is 8.59. The Labute approximate surface area is 189 Å². The third-order valence-electron chi connectivity index (χ3n) is 5.61. The van der Waals surface area contributed by atoms with Crippen LogP contribution in [0, 0.1) is 5.92 Å². The molecule has 0 aliphatic carbocycles. The van der Waals surface area contributed by atoms with Crippen LogP contribution in [-0.2, 0) is 11.2 Å². The van der Waals surface area contributed by atoms with Gasteiger partial charge in [-0.05, 0) is 69.3 Å². The molecule has 1 saturated heterocycles. The molecule has 1 N–H and O–H groups in total. The summed E-state index contributed by atoms with van der Waals surface area (Å²) in [6.45, 7) is 2.04. The molecule has 1 aliphatic rings. The van der Waals surface area contributed by atoms with Crippen LogP contribution in [-0.4, -0.2) is 62.5 Å². The van der Waals surface area contributed by atoms with Crippen LogP contribution in [0.3, 0.4) is 0 Å². The van der Waals surface area contributed by atoms with Crippen molar-refractivity contribution in [3.8, 4) is 5.75 Å². The molecule has 0 aromatic heterocycles. The zero-order valence-electron chi connectivity index (χ0n) is 18.4. The Morgan fingerprint density at radius 3 is 2.42 bits per heavy atom. The van der Waals surface area contributed by atoms with Crippen LogP contribution in [0.4, 0.5) is 5.69 Å². The minimum atomic E-state index is -0.119. The van der Waals surface area contributed by atoms with Gasteiger partial charge in [-0.3, -0.25) is 9.59 Å². The monoisotopic (exact) mass is 443 g/mol. The molecule has 0 spiro atoms. The highest BCUT2D eigenvalue weighted by molar-refractivity contribution is 6.31. The van der Waals surface area contributed by atoms with E-state index in [1.54, 1.807) is 23.1 Å². The molecule has 1 aliphatic heterocycles. The maximum absolute atomic E-state index is 12.9. The number of ether oxygens (including phenoxy) is 1. The molecular weight excluding hydrogens is 414 g/mol. The van der Waals surface area contributed by atoms with Crippen LogP contribution in [0.15, 0.2) is 42.5 Å². The number of likely N-dealkylation sites (N-methyl/N-ethyl adjacent to an activating group) is 1. The highest BCUT2D eigenvalue weighted by Gasteiger charge is 2.29. The lowest BCUT2D eigenvalue weighted by Crippen LogP contribution is -2.41. The summed E-state index contributed by atoms with van der Waals surface area (Å²) in [5.74, 6) is 0.280. The Hall–Kier alpha value is -2.57. The van der Waals surface area contributed by atoms with Gasteiger partial charge in [0, 0.05) is 36.3 Å². The van der Waals surface area contributed by atoms with Crippen molar-refractivity contribution < 1.29 is 14.3 Å². The molecule has 0 bridgehead atoms. The number of anilines is 1. The number of rotatable bonds is 7. The first-order chi connectivity index (χ1) is 14.9. The molecule has 2 aromatic carbocycles. The Balaban J connectivity index is 1.53. The van der Waals surface area contributed by atoms with E-state index in [1.807, 2.05) is 12.1 Å².